The molecule has 1 saturated heterocycles. The van der Waals surface area contributed by atoms with Crippen LogP contribution in [0.15, 0.2) is 30.6 Å². The van der Waals surface area contributed by atoms with Crippen molar-refractivity contribution in [1.82, 2.24) is 9.55 Å². The summed E-state index contributed by atoms with van der Waals surface area (Å²) in [7, 11) is 1.52. The lowest BCUT2D eigenvalue weighted by Gasteiger charge is -2.21. The Balaban J connectivity index is 1.99. The molecule has 1 aromatic heterocycles. The molecule has 1 aliphatic rings. The van der Waals surface area contributed by atoms with Crippen LogP contribution in [-0.4, -0.2) is 42.6 Å². The van der Waals surface area contributed by atoms with Gasteiger partial charge in [0.05, 0.1) is 31.9 Å². The topological polar surface area (TPSA) is 45.5 Å². The zero-order valence-corrected chi connectivity index (χ0v) is 12.7. The van der Waals surface area contributed by atoms with Gasteiger partial charge in [0.25, 0.3) is 0 Å². The van der Waals surface area contributed by atoms with Gasteiger partial charge in [-0.1, -0.05) is 0 Å². The van der Waals surface area contributed by atoms with E-state index < -0.39 is 0 Å². The Morgan fingerprint density at radius 3 is 3.05 bits per heavy atom. The van der Waals surface area contributed by atoms with Gasteiger partial charge < -0.3 is 18.8 Å². The van der Waals surface area contributed by atoms with Gasteiger partial charge in [-0.3, -0.25) is 0 Å². The van der Waals surface area contributed by atoms with Gasteiger partial charge in [-0.05, 0) is 19.1 Å². The Morgan fingerprint density at radius 2 is 2.27 bits per heavy atom. The summed E-state index contributed by atoms with van der Waals surface area (Å²) in [6.45, 7) is 3.73. The van der Waals surface area contributed by atoms with Crippen molar-refractivity contribution in [3.8, 4) is 17.1 Å². The van der Waals surface area contributed by atoms with Crippen molar-refractivity contribution < 1.29 is 18.6 Å². The molecule has 1 aromatic carbocycles. The first-order chi connectivity index (χ1) is 10.7. The van der Waals surface area contributed by atoms with Crippen LogP contribution in [0.1, 0.15) is 13.0 Å². The van der Waals surface area contributed by atoms with Crippen molar-refractivity contribution in [2.75, 3.05) is 26.9 Å². The lowest BCUT2D eigenvalue weighted by molar-refractivity contribution is 0.0364. The van der Waals surface area contributed by atoms with Gasteiger partial charge in [0.1, 0.15) is 23.5 Å². The van der Waals surface area contributed by atoms with E-state index in [1.165, 1.54) is 19.2 Å². The molecule has 0 saturated carbocycles. The van der Waals surface area contributed by atoms with Crippen molar-refractivity contribution in [3.05, 3.63) is 36.4 Å². The molecule has 118 valence electrons. The molecular weight excluding hydrogens is 287 g/mol. The highest BCUT2D eigenvalue weighted by Crippen LogP contribution is 2.33. The number of halogens is 1. The summed E-state index contributed by atoms with van der Waals surface area (Å²) in [4.78, 5) is 4.41. The molecular formula is C16H19FN2O3. The van der Waals surface area contributed by atoms with Crippen molar-refractivity contribution in [2.24, 2.45) is 0 Å². The molecule has 1 fully saturated rings. The number of nitrogens with zero attached hydrogens (tertiary/aromatic N) is 2. The average molecular weight is 306 g/mol. The number of hydrogen-bond donors (Lipinski definition) is 0. The second kappa shape index (κ2) is 6.46. The quantitative estimate of drug-likeness (QED) is 0.852. The Morgan fingerprint density at radius 1 is 1.41 bits per heavy atom. The van der Waals surface area contributed by atoms with Crippen molar-refractivity contribution >= 4 is 0 Å². The van der Waals surface area contributed by atoms with E-state index in [1.807, 2.05) is 17.7 Å². The average Bonchev–Trinajstić information content (AvgIpc) is 3.16. The molecule has 0 unspecified atom stereocenters. The standard InChI is InChI=1S/C16H19FN2O3/c1-3-22-15-10-21-9-13(15)19-7-6-18-16(19)12-5-4-11(17)8-14(12)20-2/h4-8,13,15H,3,9-10H2,1-2H3/t13-,15-/m0/s1. The molecule has 2 atom stereocenters. The zero-order valence-electron chi connectivity index (χ0n) is 12.7. The van der Waals surface area contributed by atoms with Gasteiger partial charge in [0.2, 0.25) is 0 Å². The van der Waals surface area contributed by atoms with Crippen LogP contribution in [0.4, 0.5) is 4.39 Å². The van der Waals surface area contributed by atoms with Crippen LogP contribution in [0, 0.1) is 5.82 Å². The number of rotatable bonds is 5. The molecule has 1 aliphatic heterocycles. The van der Waals surface area contributed by atoms with Crippen LogP contribution >= 0.6 is 0 Å². The Labute approximate surface area is 128 Å². The third-order valence-electron chi connectivity index (χ3n) is 3.81. The normalized spacial score (nSPS) is 21.2. The number of ether oxygens (including phenoxy) is 3. The summed E-state index contributed by atoms with van der Waals surface area (Å²) in [5.74, 6) is 0.839. The fraction of sp³-hybridized carbons (Fsp3) is 0.438. The maximum absolute atomic E-state index is 13.4. The highest BCUT2D eigenvalue weighted by atomic mass is 19.1. The van der Waals surface area contributed by atoms with E-state index in [1.54, 1.807) is 12.3 Å². The number of hydrogen-bond acceptors (Lipinski definition) is 4. The predicted molar refractivity (Wildman–Crippen MR) is 79.4 cm³/mol. The van der Waals surface area contributed by atoms with Crippen LogP contribution in [0.2, 0.25) is 0 Å². The van der Waals surface area contributed by atoms with Crippen LogP contribution in [-0.2, 0) is 9.47 Å². The van der Waals surface area contributed by atoms with Crippen LogP contribution in [0.5, 0.6) is 5.75 Å². The maximum Gasteiger partial charge on any atom is 0.144 e. The van der Waals surface area contributed by atoms with Gasteiger partial charge in [-0.2, -0.15) is 0 Å². The Kier molecular flexibility index (Phi) is 4.40. The fourth-order valence-corrected chi connectivity index (χ4v) is 2.80. The summed E-state index contributed by atoms with van der Waals surface area (Å²) >= 11 is 0. The zero-order chi connectivity index (χ0) is 15.5. The van der Waals surface area contributed by atoms with Crippen molar-refractivity contribution in [1.29, 1.82) is 0 Å². The molecule has 5 nitrogen and oxygen atoms in total. The number of methoxy groups -OCH3 is 1. The van der Waals surface area contributed by atoms with Crippen LogP contribution in [0.25, 0.3) is 11.4 Å². The lowest BCUT2D eigenvalue weighted by atomic mass is 10.1. The van der Waals surface area contributed by atoms with Crippen molar-refractivity contribution in [2.45, 2.75) is 19.1 Å². The third kappa shape index (κ3) is 2.71. The Bertz CT molecular complexity index is 644. The minimum Gasteiger partial charge on any atom is -0.496 e. The van der Waals surface area contributed by atoms with E-state index in [0.717, 1.165) is 11.4 Å². The molecule has 0 aliphatic carbocycles. The highest BCUT2D eigenvalue weighted by Gasteiger charge is 2.32. The van der Waals surface area contributed by atoms with E-state index in [2.05, 4.69) is 4.98 Å². The molecule has 0 bridgehead atoms. The van der Waals surface area contributed by atoms with Gasteiger partial charge in [-0.15, -0.1) is 0 Å². The van der Waals surface area contributed by atoms with Gasteiger partial charge in [-0.25, -0.2) is 9.37 Å². The second-order valence-corrected chi connectivity index (χ2v) is 5.10. The smallest absolute Gasteiger partial charge is 0.144 e. The number of imidazole rings is 1. The molecule has 3 rings (SSSR count). The summed E-state index contributed by atoms with van der Waals surface area (Å²) < 4.78 is 32.0. The molecule has 0 radical (unpaired) electrons. The summed E-state index contributed by atoms with van der Waals surface area (Å²) in [5.41, 5.74) is 0.746. The van der Waals surface area contributed by atoms with Gasteiger partial charge in [0, 0.05) is 25.1 Å². The minimum absolute atomic E-state index is 0.00982. The van der Waals surface area contributed by atoms with Gasteiger partial charge >= 0.3 is 0 Å². The predicted octanol–water partition coefficient (Wildman–Crippen LogP) is 2.67. The molecule has 0 spiro atoms. The molecule has 0 amide bonds. The van der Waals surface area contributed by atoms with Gasteiger partial charge in [0.15, 0.2) is 0 Å². The van der Waals surface area contributed by atoms with E-state index >= 15 is 0 Å². The molecule has 2 aromatic rings. The highest BCUT2D eigenvalue weighted by molar-refractivity contribution is 5.64. The van der Waals surface area contributed by atoms with E-state index in [0.29, 0.717) is 25.6 Å². The number of benzene rings is 1. The van der Waals surface area contributed by atoms with Crippen LogP contribution < -0.4 is 4.74 Å². The molecule has 6 heteroatoms. The summed E-state index contributed by atoms with van der Waals surface area (Å²) in [6.07, 6.45) is 3.60. The maximum atomic E-state index is 13.4. The monoisotopic (exact) mass is 306 g/mol. The first-order valence-corrected chi connectivity index (χ1v) is 7.30. The SMILES string of the molecule is CCO[C@H]1COC[C@@H]1n1ccnc1-c1ccc(F)cc1OC. The Hall–Kier alpha value is -1.92. The summed E-state index contributed by atoms with van der Waals surface area (Å²) in [6, 6.07) is 4.49. The third-order valence-corrected chi connectivity index (χ3v) is 3.81. The fourth-order valence-electron chi connectivity index (χ4n) is 2.80. The minimum atomic E-state index is -0.338. The van der Waals surface area contributed by atoms with E-state index in [-0.39, 0.29) is 18.0 Å². The second-order valence-electron chi connectivity index (χ2n) is 5.10. The van der Waals surface area contributed by atoms with E-state index in [4.69, 9.17) is 14.2 Å². The molecule has 0 N–H and O–H groups in total. The summed E-state index contributed by atoms with van der Waals surface area (Å²) in [5, 5.41) is 0. The van der Waals surface area contributed by atoms with E-state index in [9.17, 15) is 4.39 Å². The van der Waals surface area contributed by atoms with Crippen LogP contribution in [0.3, 0.4) is 0 Å². The molecule has 2 heterocycles. The lowest BCUT2D eigenvalue weighted by Crippen LogP contribution is -2.25. The number of aromatic nitrogens is 2. The molecule has 22 heavy (non-hydrogen) atoms. The van der Waals surface area contributed by atoms with Crippen molar-refractivity contribution in [3.63, 3.8) is 0 Å². The first kappa shape index (κ1) is 15.0. The first-order valence-electron chi connectivity index (χ1n) is 7.30. The largest absolute Gasteiger partial charge is 0.496 e.